The first-order chi connectivity index (χ1) is 16.7. The average molecular weight is 492 g/mol. The molecule has 0 aliphatic carbocycles. The van der Waals surface area contributed by atoms with E-state index in [-0.39, 0.29) is 0 Å². The lowest BCUT2D eigenvalue weighted by Gasteiger charge is -2.17. The van der Waals surface area contributed by atoms with Crippen LogP contribution in [0.2, 0.25) is 0 Å². The fourth-order valence-corrected chi connectivity index (χ4v) is 3.52. The van der Waals surface area contributed by atoms with Crippen LogP contribution >= 0.6 is 11.8 Å². The molecule has 2 aromatic carbocycles. The van der Waals surface area contributed by atoms with Crippen molar-refractivity contribution in [3.8, 4) is 5.75 Å². The van der Waals surface area contributed by atoms with Gasteiger partial charge in [-0.05, 0) is 80.1 Å². The number of thioether (sulfide) groups is 1. The zero-order chi connectivity index (χ0) is 25.8. The van der Waals surface area contributed by atoms with Crippen molar-refractivity contribution in [3.63, 3.8) is 0 Å². The summed E-state index contributed by atoms with van der Waals surface area (Å²) in [4.78, 5) is 5.46. The summed E-state index contributed by atoms with van der Waals surface area (Å²) in [6.45, 7) is 23.1. The number of hydrogen-bond acceptors (Lipinski definition) is 5. The summed E-state index contributed by atoms with van der Waals surface area (Å²) in [5, 5.41) is 8.65. The predicted octanol–water partition coefficient (Wildman–Crippen LogP) is 8.02. The molecular weight excluding hydrogens is 454 g/mol. The van der Waals surface area contributed by atoms with E-state index in [2.05, 4.69) is 49.2 Å². The van der Waals surface area contributed by atoms with Crippen LogP contribution in [0.15, 0.2) is 89.6 Å². The first kappa shape index (κ1) is 27.9. The molecule has 5 nitrogen and oxygen atoms in total. The van der Waals surface area contributed by atoms with Gasteiger partial charge in [0.05, 0.1) is 6.61 Å². The van der Waals surface area contributed by atoms with E-state index >= 15 is 0 Å². The van der Waals surface area contributed by atoms with Crippen molar-refractivity contribution in [2.45, 2.75) is 34.6 Å². The standard InChI is InChI=1S/C29H37N3O2S/c1-9-15-35-23(7)19-34-28-14-13-25(16-22(28)6)32-29(30-10-2)27-17-26(12-11-21(27)5)31-24(8)33-18-20(3)4/h9-17,20,31H,2,7-8,18-19H2,1,3-6H3,(H,30,32)/b15-9-. The summed E-state index contributed by atoms with van der Waals surface area (Å²) < 4.78 is 11.6. The van der Waals surface area contributed by atoms with Gasteiger partial charge in [-0.3, -0.25) is 0 Å². The van der Waals surface area contributed by atoms with Gasteiger partial charge in [-0.1, -0.05) is 50.9 Å². The van der Waals surface area contributed by atoms with E-state index < -0.39 is 0 Å². The largest absolute Gasteiger partial charge is 0.488 e. The van der Waals surface area contributed by atoms with E-state index in [9.17, 15) is 0 Å². The number of allylic oxidation sites excluding steroid dienone is 1. The lowest BCUT2D eigenvalue weighted by Crippen LogP contribution is -2.16. The van der Waals surface area contributed by atoms with Gasteiger partial charge in [-0.2, -0.15) is 0 Å². The minimum atomic E-state index is 0.425. The number of rotatable bonds is 13. The molecular formula is C29H37N3O2S. The maximum absolute atomic E-state index is 5.94. The van der Waals surface area contributed by atoms with Crippen LogP contribution in [0, 0.1) is 19.8 Å². The minimum Gasteiger partial charge on any atom is -0.488 e. The second kappa shape index (κ2) is 14.1. The molecule has 2 rings (SSSR count). The fraction of sp³-hybridized carbons (Fsp3) is 0.276. The smallest absolute Gasteiger partial charge is 0.183 e. The summed E-state index contributed by atoms with van der Waals surface area (Å²) in [6.07, 6.45) is 3.51. The number of hydrogen-bond donors (Lipinski definition) is 2. The molecule has 0 fully saturated rings. The summed E-state index contributed by atoms with van der Waals surface area (Å²) in [6, 6.07) is 12.0. The fourth-order valence-electron chi connectivity index (χ4n) is 3.06. The molecule has 0 unspecified atom stereocenters. The molecule has 2 aromatic rings. The Morgan fingerprint density at radius 1 is 1.06 bits per heavy atom. The Labute approximate surface area is 214 Å². The van der Waals surface area contributed by atoms with Gasteiger partial charge < -0.3 is 20.1 Å². The molecule has 6 heteroatoms. The second-order valence-corrected chi connectivity index (χ2v) is 9.55. The van der Waals surface area contributed by atoms with Crippen molar-refractivity contribution < 1.29 is 9.47 Å². The van der Waals surface area contributed by atoms with Gasteiger partial charge in [-0.25, -0.2) is 4.99 Å². The Kier molecular flexibility index (Phi) is 11.2. The Balaban J connectivity index is 2.16. The lowest BCUT2D eigenvalue weighted by molar-refractivity contribution is 0.185. The zero-order valence-corrected chi connectivity index (χ0v) is 22.3. The van der Waals surface area contributed by atoms with Crippen molar-refractivity contribution in [3.05, 3.63) is 101 Å². The van der Waals surface area contributed by atoms with E-state index in [4.69, 9.17) is 9.47 Å². The number of nitrogens with one attached hydrogen (secondary N) is 2. The van der Waals surface area contributed by atoms with Crippen LogP contribution < -0.4 is 15.4 Å². The number of aryl methyl sites for hydroxylation is 2. The first-order valence-electron chi connectivity index (χ1n) is 11.6. The third-order valence-corrected chi connectivity index (χ3v) is 5.64. The first-order valence-corrected chi connectivity index (χ1v) is 12.5. The van der Waals surface area contributed by atoms with Crippen LogP contribution in [0.5, 0.6) is 5.75 Å². The second-order valence-electron chi connectivity index (χ2n) is 8.46. The van der Waals surface area contributed by atoms with Crippen LogP contribution in [0.1, 0.15) is 37.5 Å². The Morgan fingerprint density at radius 2 is 1.77 bits per heavy atom. The van der Waals surface area contributed by atoms with Gasteiger partial charge in [-0.15, -0.1) is 0 Å². The van der Waals surface area contributed by atoms with E-state index in [1.807, 2.05) is 68.7 Å². The third kappa shape index (κ3) is 9.41. The molecule has 0 spiro atoms. The lowest BCUT2D eigenvalue weighted by atomic mass is 10.1. The van der Waals surface area contributed by atoms with Crippen LogP contribution in [-0.2, 0) is 4.74 Å². The molecule has 0 saturated heterocycles. The Morgan fingerprint density at radius 3 is 2.43 bits per heavy atom. The van der Waals surface area contributed by atoms with Crippen molar-refractivity contribution in [2.75, 3.05) is 23.8 Å². The van der Waals surface area contributed by atoms with Crippen molar-refractivity contribution >= 4 is 29.0 Å². The van der Waals surface area contributed by atoms with Crippen molar-refractivity contribution in [1.29, 1.82) is 0 Å². The molecule has 0 heterocycles. The Hall–Kier alpha value is -3.38. The van der Waals surface area contributed by atoms with Gasteiger partial charge in [0.2, 0.25) is 0 Å². The van der Waals surface area contributed by atoms with Gasteiger partial charge in [0.1, 0.15) is 18.2 Å². The molecule has 0 aromatic heterocycles. The van der Waals surface area contributed by atoms with Crippen LogP contribution in [-0.4, -0.2) is 19.0 Å². The van der Waals surface area contributed by atoms with Gasteiger partial charge in [0.25, 0.3) is 0 Å². The highest BCUT2D eigenvalue weighted by Gasteiger charge is 2.11. The van der Waals surface area contributed by atoms with Gasteiger partial charge in [0.15, 0.2) is 5.88 Å². The van der Waals surface area contributed by atoms with E-state index in [0.29, 0.717) is 30.9 Å². The monoisotopic (exact) mass is 491 g/mol. The summed E-state index contributed by atoms with van der Waals surface area (Å²) in [5.74, 6) is 2.46. The summed E-state index contributed by atoms with van der Waals surface area (Å²) in [5.41, 5.74) is 4.81. The van der Waals surface area contributed by atoms with Crippen LogP contribution in [0.25, 0.3) is 0 Å². The molecule has 0 amide bonds. The normalized spacial score (nSPS) is 11.4. The molecule has 2 N–H and O–H groups in total. The number of nitrogens with zero attached hydrogens (tertiary/aromatic N) is 1. The summed E-state index contributed by atoms with van der Waals surface area (Å²) in [7, 11) is 0. The quantitative estimate of drug-likeness (QED) is 0.169. The maximum Gasteiger partial charge on any atom is 0.183 e. The third-order valence-electron chi connectivity index (χ3n) is 4.78. The number of anilines is 2. The van der Waals surface area contributed by atoms with Gasteiger partial charge >= 0.3 is 0 Å². The van der Waals surface area contributed by atoms with Crippen LogP contribution in [0.4, 0.5) is 11.4 Å². The van der Waals surface area contributed by atoms with E-state index in [0.717, 1.165) is 38.7 Å². The molecule has 0 atom stereocenters. The van der Waals surface area contributed by atoms with Crippen molar-refractivity contribution in [1.82, 2.24) is 0 Å². The Bertz CT molecular complexity index is 1100. The molecule has 35 heavy (non-hydrogen) atoms. The van der Waals surface area contributed by atoms with E-state index in [1.165, 1.54) is 6.20 Å². The highest BCUT2D eigenvalue weighted by Crippen LogP contribution is 2.25. The number of aliphatic imine (C=N–C) groups is 1. The van der Waals surface area contributed by atoms with E-state index in [1.54, 1.807) is 11.8 Å². The average Bonchev–Trinajstić information content (AvgIpc) is 2.82. The molecule has 0 aliphatic heterocycles. The highest BCUT2D eigenvalue weighted by atomic mass is 32.2. The number of benzene rings is 2. The SMILES string of the molecule is C=CN=C(Nc1ccc(OCC(=C)S/C=C\C)c(C)c1)c1cc(NC(=C)OCC(C)C)ccc1C. The van der Waals surface area contributed by atoms with Crippen LogP contribution in [0.3, 0.4) is 0 Å². The predicted molar refractivity (Wildman–Crippen MR) is 153 cm³/mol. The molecule has 0 bridgehead atoms. The topological polar surface area (TPSA) is 54.9 Å². The molecule has 0 radical (unpaired) electrons. The molecule has 0 aliphatic rings. The molecule has 0 saturated carbocycles. The highest BCUT2D eigenvalue weighted by molar-refractivity contribution is 8.05. The number of ether oxygens (including phenoxy) is 2. The van der Waals surface area contributed by atoms with Gasteiger partial charge in [0, 0.05) is 28.0 Å². The number of amidine groups is 1. The minimum absolute atomic E-state index is 0.425. The summed E-state index contributed by atoms with van der Waals surface area (Å²) >= 11 is 1.57. The molecule has 186 valence electrons. The zero-order valence-electron chi connectivity index (χ0n) is 21.5. The maximum atomic E-state index is 5.94. The van der Waals surface area contributed by atoms with Crippen molar-refractivity contribution in [2.24, 2.45) is 10.9 Å².